The van der Waals surface area contributed by atoms with Crippen LogP contribution in [0.25, 0.3) is 0 Å². The van der Waals surface area contributed by atoms with Crippen LogP contribution in [0, 0.1) is 13.8 Å². The molecule has 0 amide bonds. The van der Waals surface area contributed by atoms with Crippen LogP contribution in [0.4, 0.5) is 0 Å². The highest BCUT2D eigenvalue weighted by molar-refractivity contribution is 5.43. The molecule has 3 heteroatoms. The predicted molar refractivity (Wildman–Crippen MR) is 77.7 cm³/mol. The van der Waals surface area contributed by atoms with E-state index in [0.29, 0.717) is 0 Å². The summed E-state index contributed by atoms with van der Waals surface area (Å²) in [6.07, 6.45) is 3.80. The average molecular weight is 263 g/mol. The summed E-state index contributed by atoms with van der Waals surface area (Å²) in [6.45, 7) is 6.54. The third-order valence-electron chi connectivity index (χ3n) is 4.15. The van der Waals surface area contributed by atoms with Gasteiger partial charge in [-0.15, -0.1) is 0 Å². The lowest BCUT2D eigenvalue weighted by Gasteiger charge is -2.34. The maximum absolute atomic E-state index is 9.80. The van der Waals surface area contributed by atoms with Gasteiger partial charge < -0.3 is 9.84 Å². The molecule has 1 aromatic carbocycles. The maximum atomic E-state index is 9.80. The summed E-state index contributed by atoms with van der Waals surface area (Å²) >= 11 is 0. The molecule has 2 rings (SSSR count). The first-order valence-electron chi connectivity index (χ1n) is 7.17. The van der Waals surface area contributed by atoms with Crippen LogP contribution >= 0.6 is 0 Å². The number of aliphatic hydroxyl groups excluding tert-OH is 1. The zero-order valence-corrected chi connectivity index (χ0v) is 12.3. The van der Waals surface area contributed by atoms with Gasteiger partial charge in [0.2, 0.25) is 0 Å². The Labute approximate surface area is 116 Å². The number of hydrogen-bond donors (Lipinski definition) is 1. The van der Waals surface area contributed by atoms with Crippen molar-refractivity contribution in [1.29, 1.82) is 0 Å². The maximum Gasteiger partial charge on any atom is 0.122 e. The lowest BCUT2D eigenvalue weighted by atomic mass is 9.96. The molecule has 0 saturated carbocycles. The van der Waals surface area contributed by atoms with Gasteiger partial charge in [-0.3, -0.25) is 4.90 Å². The minimum Gasteiger partial charge on any atom is -0.496 e. The first-order chi connectivity index (χ1) is 9.17. The van der Waals surface area contributed by atoms with Gasteiger partial charge in [0.15, 0.2) is 0 Å². The standard InChI is InChI=1S/C16H25NO2/c1-12-10-16(19-3)13(2)9-14(12)15(11-18)17-7-5-4-6-8-17/h9-10,15,18H,4-8,11H2,1-3H3. The van der Waals surface area contributed by atoms with E-state index in [-0.39, 0.29) is 12.6 Å². The average Bonchev–Trinajstić information content (AvgIpc) is 2.44. The van der Waals surface area contributed by atoms with Crippen molar-refractivity contribution in [2.45, 2.75) is 39.2 Å². The van der Waals surface area contributed by atoms with Gasteiger partial charge in [-0.1, -0.05) is 12.5 Å². The second-order valence-electron chi connectivity index (χ2n) is 5.47. The lowest BCUT2D eigenvalue weighted by molar-refractivity contribution is 0.104. The first kappa shape index (κ1) is 14.4. The summed E-state index contributed by atoms with van der Waals surface area (Å²) in [6, 6.07) is 4.38. The minimum atomic E-state index is 0.130. The van der Waals surface area contributed by atoms with E-state index in [2.05, 4.69) is 30.9 Å². The van der Waals surface area contributed by atoms with Gasteiger partial charge in [-0.25, -0.2) is 0 Å². The highest BCUT2D eigenvalue weighted by Gasteiger charge is 2.23. The number of hydrogen-bond acceptors (Lipinski definition) is 3. The molecule has 1 atom stereocenters. The van der Waals surface area contributed by atoms with E-state index >= 15 is 0 Å². The Morgan fingerprint density at radius 3 is 2.42 bits per heavy atom. The molecule has 1 aromatic rings. The molecule has 1 N–H and O–H groups in total. The van der Waals surface area contributed by atoms with Gasteiger partial charge in [0.05, 0.1) is 19.8 Å². The van der Waals surface area contributed by atoms with E-state index in [1.165, 1.54) is 30.4 Å². The van der Waals surface area contributed by atoms with Gasteiger partial charge in [0.1, 0.15) is 5.75 Å². The summed E-state index contributed by atoms with van der Waals surface area (Å²) in [7, 11) is 1.70. The minimum absolute atomic E-state index is 0.130. The summed E-state index contributed by atoms with van der Waals surface area (Å²) in [5, 5.41) is 9.80. The van der Waals surface area contributed by atoms with E-state index in [1.54, 1.807) is 7.11 Å². The number of piperidine rings is 1. The molecule has 19 heavy (non-hydrogen) atoms. The van der Waals surface area contributed by atoms with Crippen molar-refractivity contribution in [2.75, 3.05) is 26.8 Å². The molecular formula is C16H25NO2. The van der Waals surface area contributed by atoms with Gasteiger partial charge in [0.25, 0.3) is 0 Å². The zero-order chi connectivity index (χ0) is 13.8. The molecule has 3 nitrogen and oxygen atoms in total. The normalized spacial score (nSPS) is 18.3. The second kappa shape index (κ2) is 6.40. The van der Waals surface area contributed by atoms with Gasteiger partial charge >= 0.3 is 0 Å². The zero-order valence-electron chi connectivity index (χ0n) is 12.3. The fourth-order valence-corrected chi connectivity index (χ4v) is 3.03. The van der Waals surface area contributed by atoms with Crippen LogP contribution in [-0.4, -0.2) is 36.8 Å². The number of benzene rings is 1. The Morgan fingerprint density at radius 2 is 1.84 bits per heavy atom. The summed E-state index contributed by atoms with van der Waals surface area (Å²) in [5.74, 6) is 0.927. The van der Waals surface area contributed by atoms with Crippen molar-refractivity contribution in [3.8, 4) is 5.75 Å². The fourth-order valence-electron chi connectivity index (χ4n) is 3.03. The van der Waals surface area contributed by atoms with Gasteiger partial charge in [-0.2, -0.15) is 0 Å². The number of aryl methyl sites for hydroxylation is 2. The van der Waals surface area contributed by atoms with Crippen LogP contribution in [0.15, 0.2) is 12.1 Å². The quantitative estimate of drug-likeness (QED) is 0.906. The lowest BCUT2D eigenvalue weighted by Crippen LogP contribution is -2.36. The molecule has 1 aliphatic rings. The van der Waals surface area contributed by atoms with E-state index < -0.39 is 0 Å². The van der Waals surface area contributed by atoms with Crippen molar-refractivity contribution < 1.29 is 9.84 Å². The van der Waals surface area contributed by atoms with Crippen molar-refractivity contribution in [1.82, 2.24) is 4.90 Å². The number of likely N-dealkylation sites (tertiary alicyclic amines) is 1. The van der Waals surface area contributed by atoms with Crippen LogP contribution in [0.2, 0.25) is 0 Å². The van der Waals surface area contributed by atoms with Gasteiger partial charge in [0, 0.05) is 0 Å². The highest BCUT2D eigenvalue weighted by Crippen LogP contribution is 2.31. The molecular weight excluding hydrogens is 238 g/mol. The van der Waals surface area contributed by atoms with Crippen LogP contribution in [-0.2, 0) is 0 Å². The van der Waals surface area contributed by atoms with Crippen molar-refractivity contribution in [3.63, 3.8) is 0 Å². The van der Waals surface area contributed by atoms with E-state index in [4.69, 9.17) is 4.74 Å². The molecule has 0 spiro atoms. The summed E-state index contributed by atoms with van der Waals surface area (Å²) in [4.78, 5) is 2.41. The number of nitrogens with zero attached hydrogens (tertiary/aromatic N) is 1. The van der Waals surface area contributed by atoms with Crippen molar-refractivity contribution in [3.05, 3.63) is 28.8 Å². The molecule has 106 valence electrons. The number of ether oxygens (including phenoxy) is 1. The van der Waals surface area contributed by atoms with Crippen LogP contribution in [0.3, 0.4) is 0 Å². The Balaban J connectivity index is 2.29. The molecule has 0 aliphatic carbocycles. The van der Waals surface area contributed by atoms with Crippen LogP contribution < -0.4 is 4.74 Å². The molecule has 1 unspecified atom stereocenters. The number of aliphatic hydroxyl groups is 1. The Kier molecular flexibility index (Phi) is 4.83. The van der Waals surface area contributed by atoms with Crippen LogP contribution in [0.1, 0.15) is 42.0 Å². The first-order valence-corrected chi connectivity index (χ1v) is 7.17. The van der Waals surface area contributed by atoms with Crippen molar-refractivity contribution >= 4 is 0 Å². The molecule has 1 heterocycles. The van der Waals surface area contributed by atoms with Gasteiger partial charge in [-0.05, 0) is 62.5 Å². The Hall–Kier alpha value is -1.06. The second-order valence-corrected chi connectivity index (χ2v) is 5.47. The molecule has 1 saturated heterocycles. The third kappa shape index (κ3) is 3.10. The molecule has 0 bridgehead atoms. The Bertz CT molecular complexity index is 425. The largest absolute Gasteiger partial charge is 0.496 e. The van der Waals surface area contributed by atoms with Crippen LogP contribution in [0.5, 0.6) is 5.75 Å². The topological polar surface area (TPSA) is 32.7 Å². The van der Waals surface area contributed by atoms with E-state index in [0.717, 1.165) is 24.4 Å². The third-order valence-corrected chi connectivity index (χ3v) is 4.15. The molecule has 0 radical (unpaired) electrons. The van der Waals surface area contributed by atoms with Crippen molar-refractivity contribution in [2.24, 2.45) is 0 Å². The van der Waals surface area contributed by atoms with E-state index in [1.807, 2.05) is 0 Å². The predicted octanol–water partition coefficient (Wildman–Crippen LogP) is 2.83. The highest BCUT2D eigenvalue weighted by atomic mass is 16.5. The fraction of sp³-hybridized carbons (Fsp3) is 0.625. The summed E-state index contributed by atoms with van der Waals surface area (Å²) in [5.41, 5.74) is 3.58. The molecule has 1 aliphatic heterocycles. The van der Waals surface area contributed by atoms with E-state index in [9.17, 15) is 5.11 Å². The smallest absolute Gasteiger partial charge is 0.122 e. The monoisotopic (exact) mass is 263 g/mol. The number of methoxy groups -OCH3 is 1. The summed E-state index contributed by atoms with van der Waals surface area (Å²) < 4.78 is 5.36. The SMILES string of the molecule is COc1cc(C)c(C(CO)N2CCCCC2)cc1C. The number of rotatable bonds is 4. The molecule has 1 fully saturated rings. The Morgan fingerprint density at radius 1 is 1.16 bits per heavy atom. The molecule has 0 aromatic heterocycles.